The summed E-state index contributed by atoms with van der Waals surface area (Å²) in [4.78, 5) is 18.7. The number of anilines is 1. The molecule has 114 valence electrons. The predicted molar refractivity (Wildman–Crippen MR) is 88.8 cm³/mol. The van der Waals surface area contributed by atoms with Gasteiger partial charge in [0.2, 0.25) is 5.91 Å². The Morgan fingerprint density at radius 1 is 1.09 bits per heavy atom. The Balaban J connectivity index is 1.60. The maximum Gasteiger partial charge on any atom is 0.229 e. The number of β-lactam (4-membered cyclic amide) rings is 1. The number of aromatic nitrogens is 1. The second-order valence-corrected chi connectivity index (χ2v) is 6.71. The standard InChI is InChI=1S/C19H22N2O/c22-18-13-16(12-14-6-2-1-3-7-14)21(18)17-10-4-8-15-9-5-11-20-19(15)17/h4-5,8-11,14,16H,1-3,6-7,12-13H2. The summed E-state index contributed by atoms with van der Waals surface area (Å²) in [7, 11) is 0. The van der Waals surface area contributed by atoms with Crippen molar-refractivity contribution in [1.82, 2.24) is 4.98 Å². The Bertz CT molecular complexity index is 685. The van der Waals surface area contributed by atoms with E-state index in [1.54, 1.807) is 0 Å². The van der Waals surface area contributed by atoms with Crippen LogP contribution in [-0.4, -0.2) is 16.9 Å². The molecule has 1 unspecified atom stereocenters. The highest BCUT2D eigenvalue weighted by Crippen LogP contribution is 2.38. The van der Waals surface area contributed by atoms with E-state index in [0.29, 0.717) is 12.5 Å². The average Bonchev–Trinajstić information content (AvgIpc) is 2.56. The minimum absolute atomic E-state index is 0.249. The van der Waals surface area contributed by atoms with Gasteiger partial charge in [-0.1, -0.05) is 50.3 Å². The van der Waals surface area contributed by atoms with Gasteiger partial charge in [-0.2, -0.15) is 0 Å². The molecule has 0 N–H and O–H groups in total. The van der Waals surface area contributed by atoms with Gasteiger partial charge in [0.05, 0.1) is 11.2 Å². The molecule has 2 aliphatic rings. The molecule has 2 fully saturated rings. The third-order valence-electron chi connectivity index (χ3n) is 5.25. The molecular formula is C19H22N2O. The summed E-state index contributed by atoms with van der Waals surface area (Å²) in [5, 5.41) is 1.11. The van der Waals surface area contributed by atoms with E-state index in [-0.39, 0.29) is 5.91 Å². The van der Waals surface area contributed by atoms with Crippen LogP contribution in [0.15, 0.2) is 36.5 Å². The molecule has 1 aromatic carbocycles. The number of hydrogen-bond donors (Lipinski definition) is 0. The molecule has 22 heavy (non-hydrogen) atoms. The lowest BCUT2D eigenvalue weighted by Gasteiger charge is -2.43. The fourth-order valence-electron chi connectivity index (χ4n) is 4.09. The lowest BCUT2D eigenvalue weighted by molar-refractivity contribution is -0.124. The fraction of sp³-hybridized carbons (Fsp3) is 0.474. The Kier molecular flexibility index (Phi) is 3.57. The van der Waals surface area contributed by atoms with Gasteiger partial charge in [-0.25, -0.2) is 0 Å². The first-order valence-corrected chi connectivity index (χ1v) is 8.49. The van der Waals surface area contributed by atoms with Crippen LogP contribution in [-0.2, 0) is 4.79 Å². The molecule has 3 heteroatoms. The van der Waals surface area contributed by atoms with Gasteiger partial charge in [0.25, 0.3) is 0 Å². The maximum absolute atomic E-state index is 12.2. The molecule has 1 amide bonds. The molecule has 4 rings (SSSR count). The zero-order valence-corrected chi connectivity index (χ0v) is 12.9. The monoisotopic (exact) mass is 294 g/mol. The Morgan fingerprint density at radius 3 is 2.73 bits per heavy atom. The zero-order valence-electron chi connectivity index (χ0n) is 12.9. The summed E-state index contributed by atoms with van der Waals surface area (Å²) in [6.07, 6.45) is 10.5. The van der Waals surface area contributed by atoms with Crippen molar-refractivity contribution in [2.45, 2.75) is 51.0 Å². The second-order valence-electron chi connectivity index (χ2n) is 6.71. The summed E-state index contributed by atoms with van der Waals surface area (Å²) in [5.74, 6) is 1.05. The summed E-state index contributed by atoms with van der Waals surface area (Å²) in [6.45, 7) is 0. The van der Waals surface area contributed by atoms with Crippen LogP contribution in [0.5, 0.6) is 0 Å². The number of para-hydroxylation sites is 1. The van der Waals surface area contributed by atoms with E-state index in [4.69, 9.17) is 0 Å². The number of benzene rings is 1. The van der Waals surface area contributed by atoms with Gasteiger partial charge in [-0.3, -0.25) is 9.78 Å². The van der Waals surface area contributed by atoms with Crippen molar-refractivity contribution in [3.8, 4) is 0 Å². The van der Waals surface area contributed by atoms with E-state index in [1.807, 2.05) is 29.3 Å². The van der Waals surface area contributed by atoms with E-state index in [9.17, 15) is 4.79 Å². The summed E-state index contributed by atoms with van der Waals surface area (Å²) < 4.78 is 0. The molecule has 3 nitrogen and oxygen atoms in total. The predicted octanol–water partition coefficient (Wildman–Crippen LogP) is 4.31. The van der Waals surface area contributed by atoms with Crippen molar-refractivity contribution in [3.05, 3.63) is 36.5 Å². The first-order valence-electron chi connectivity index (χ1n) is 8.49. The molecule has 1 saturated carbocycles. The van der Waals surface area contributed by atoms with E-state index in [1.165, 1.54) is 32.1 Å². The molecule has 1 atom stereocenters. The minimum atomic E-state index is 0.249. The SMILES string of the molecule is O=C1CC(CC2CCCCC2)N1c1cccc2cccnc12. The minimum Gasteiger partial charge on any atom is -0.307 e. The van der Waals surface area contributed by atoms with Crippen LogP contribution in [0, 0.1) is 5.92 Å². The maximum atomic E-state index is 12.2. The highest BCUT2D eigenvalue weighted by atomic mass is 16.2. The van der Waals surface area contributed by atoms with Crippen molar-refractivity contribution in [1.29, 1.82) is 0 Å². The smallest absolute Gasteiger partial charge is 0.229 e. The number of pyridine rings is 1. The van der Waals surface area contributed by atoms with E-state index < -0.39 is 0 Å². The third-order valence-corrected chi connectivity index (χ3v) is 5.25. The van der Waals surface area contributed by atoms with Crippen molar-refractivity contribution in [3.63, 3.8) is 0 Å². The number of nitrogens with zero attached hydrogens (tertiary/aromatic N) is 2. The molecule has 0 spiro atoms. The van der Waals surface area contributed by atoms with Crippen molar-refractivity contribution in [2.24, 2.45) is 5.92 Å². The lowest BCUT2D eigenvalue weighted by Crippen LogP contribution is -2.53. The van der Waals surface area contributed by atoms with Crippen LogP contribution >= 0.6 is 0 Å². The van der Waals surface area contributed by atoms with E-state index in [0.717, 1.165) is 28.9 Å². The summed E-state index contributed by atoms with van der Waals surface area (Å²) in [6, 6.07) is 10.5. The third kappa shape index (κ3) is 2.39. The highest BCUT2D eigenvalue weighted by molar-refractivity contribution is 6.06. The van der Waals surface area contributed by atoms with Crippen LogP contribution in [0.2, 0.25) is 0 Å². The molecule has 1 aliphatic heterocycles. The number of rotatable bonds is 3. The molecule has 0 radical (unpaired) electrons. The fourth-order valence-corrected chi connectivity index (χ4v) is 4.09. The van der Waals surface area contributed by atoms with E-state index in [2.05, 4.69) is 17.1 Å². The van der Waals surface area contributed by atoms with Crippen LogP contribution < -0.4 is 4.90 Å². The normalized spacial score (nSPS) is 22.8. The zero-order chi connectivity index (χ0) is 14.9. The van der Waals surface area contributed by atoms with Gasteiger partial charge in [-0.15, -0.1) is 0 Å². The number of carbonyl (C=O) groups is 1. The van der Waals surface area contributed by atoms with Gasteiger partial charge >= 0.3 is 0 Å². The molecule has 2 aromatic rings. The van der Waals surface area contributed by atoms with Crippen molar-refractivity contribution >= 4 is 22.5 Å². The van der Waals surface area contributed by atoms with E-state index >= 15 is 0 Å². The number of hydrogen-bond acceptors (Lipinski definition) is 2. The molecule has 2 heterocycles. The Labute approximate surface area is 131 Å². The number of fused-ring (bicyclic) bond motifs is 1. The molecule has 0 bridgehead atoms. The summed E-state index contributed by atoms with van der Waals surface area (Å²) in [5.41, 5.74) is 1.95. The number of carbonyl (C=O) groups excluding carboxylic acids is 1. The number of amides is 1. The van der Waals surface area contributed by atoms with Crippen LogP contribution in [0.4, 0.5) is 5.69 Å². The van der Waals surface area contributed by atoms with Gasteiger partial charge in [0.15, 0.2) is 0 Å². The molecule has 1 saturated heterocycles. The second kappa shape index (κ2) is 5.71. The highest BCUT2D eigenvalue weighted by Gasteiger charge is 2.39. The van der Waals surface area contributed by atoms with Gasteiger partial charge in [0.1, 0.15) is 0 Å². The first kappa shape index (κ1) is 13.7. The lowest BCUT2D eigenvalue weighted by atomic mass is 9.81. The Hall–Kier alpha value is -1.90. The van der Waals surface area contributed by atoms with Gasteiger partial charge in [-0.05, 0) is 24.5 Å². The van der Waals surface area contributed by atoms with Gasteiger partial charge < -0.3 is 4.90 Å². The topological polar surface area (TPSA) is 33.2 Å². The van der Waals surface area contributed by atoms with Gasteiger partial charge in [0, 0.05) is 24.0 Å². The average molecular weight is 294 g/mol. The van der Waals surface area contributed by atoms with Crippen molar-refractivity contribution in [2.75, 3.05) is 4.90 Å². The largest absolute Gasteiger partial charge is 0.307 e. The molecular weight excluding hydrogens is 272 g/mol. The molecule has 1 aliphatic carbocycles. The quantitative estimate of drug-likeness (QED) is 0.790. The van der Waals surface area contributed by atoms with Crippen LogP contribution in [0.3, 0.4) is 0 Å². The van der Waals surface area contributed by atoms with Crippen molar-refractivity contribution < 1.29 is 4.79 Å². The Morgan fingerprint density at radius 2 is 1.91 bits per heavy atom. The van der Waals surface area contributed by atoms with Crippen LogP contribution in [0.1, 0.15) is 44.9 Å². The molecule has 1 aromatic heterocycles. The first-order chi connectivity index (χ1) is 10.8. The summed E-state index contributed by atoms with van der Waals surface area (Å²) >= 11 is 0. The van der Waals surface area contributed by atoms with Crippen LogP contribution in [0.25, 0.3) is 10.9 Å².